The predicted molar refractivity (Wildman–Crippen MR) is 82.0 cm³/mol. The van der Waals surface area contributed by atoms with Crippen molar-refractivity contribution < 1.29 is 4.74 Å². The molecule has 1 aliphatic rings. The second kappa shape index (κ2) is 6.10. The van der Waals surface area contributed by atoms with Crippen LogP contribution in [0.2, 0.25) is 0 Å². The Bertz CT molecular complexity index is 579. The van der Waals surface area contributed by atoms with E-state index in [0.717, 1.165) is 12.3 Å². The van der Waals surface area contributed by atoms with Crippen molar-refractivity contribution >= 4 is 0 Å². The number of nitrogens with one attached hydrogen (secondary N) is 1. The molecule has 2 aromatic carbocycles. The Kier molecular flexibility index (Phi) is 4.03. The summed E-state index contributed by atoms with van der Waals surface area (Å²) in [6, 6.07) is 17.6. The molecule has 0 unspecified atom stereocenters. The minimum atomic E-state index is 0.478. The van der Waals surface area contributed by atoms with E-state index >= 15 is 0 Å². The number of rotatable bonds is 4. The fourth-order valence-corrected chi connectivity index (χ4v) is 2.99. The maximum atomic E-state index is 5.28. The molecule has 0 heterocycles. The minimum Gasteiger partial charge on any atom is -0.497 e. The number of benzene rings is 2. The van der Waals surface area contributed by atoms with Crippen molar-refractivity contribution in [2.75, 3.05) is 7.11 Å². The van der Waals surface area contributed by atoms with E-state index in [2.05, 4.69) is 41.7 Å². The summed E-state index contributed by atoms with van der Waals surface area (Å²) >= 11 is 0. The quantitative estimate of drug-likeness (QED) is 0.908. The zero-order chi connectivity index (χ0) is 13.8. The van der Waals surface area contributed by atoms with Crippen LogP contribution < -0.4 is 10.1 Å². The first-order valence-corrected chi connectivity index (χ1v) is 7.31. The third-order valence-electron chi connectivity index (χ3n) is 4.06. The van der Waals surface area contributed by atoms with Gasteiger partial charge in [0.1, 0.15) is 5.75 Å². The molecule has 104 valence electrons. The van der Waals surface area contributed by atoms with Crippen molar-refractivity contribution in [3.05, 3.63) is 65.2 Å². The average molecular weight is 267 g/mol. The van der Waals surface area contributed by atoms with E-state index in [1.54, 1.807) is 7.11 Å². The molecule has 0 radical (unpaired) electrons. The summed E-state index contributed by atoms with van der Waals surface area (Å²) < 4.78 is 5.28. The molecule has 1 N–H and O–H groups in total. The van der Waals surface area contributed by atoms with Crippen LogP contribution in [0.5, 0.6) is 5.75 Å². The van der Waals surface area contributed by atoms with E-state index < -0.39 is 0 Å². The van der Waals surface area contributed by atoms with Crippen molar-refractivity contribution in [1.82, 2.24) is 5.32 Å². The van der Waals surface area contributed by atoms with Crippen LogP contribution >= 0.6 is 0 Å². The summed E-state index contributed by atoms with van der Waals surface area (Å²) in [6.07, 6.45) is 3.71. The Labute approximate surface area is 120 Å². The van der Waals surface area contributed by atoms with E-state index in [4.69, 9.17) is 4.74 Å². The lowest BCUT2D eigenvalue weighted by molar-refractivity contribution is 0.413. The molecule has 20 heavy (non-hydrogen) atoms. The van der Waals surface area contributed by atoms with Crippen LogP contribution in [0.4, 0.5) is 0 Å². The summed E-state index contributed by atoms with van der Waals surface area (Å²) in [5.74, 6) is 0.924. The van der Waals surface area contributed by atoms with Crippen molar-refractivity contribution in [2.45, 2.75) is 31.8 Å². The van der Waals surface area contributed by atoms with Gasteiger partial charge in [-0.15, -0.1) is 0 Å². The zero-order valence-corrected chi connectivity index (χ0v) is 11.9. The van der Waals surface area contributed by atoms with Crippen molar-refractivity contribution in [1.29, 1.82) is 0 Å². The van der Waals surface area contributed by atoms with E-state index in [-0.39, 0.29) is 0 Å². The topological polar surface area (TPSA) is 21.3 Å². The van der Waals surface area contributed by atoms with Gasteiger partial charge in [-0.25, -0.2) is 0 Å². The largest absolute Gasteiger partial charge is 0.497 e. The van der Waals surface area contributed by atoms with Crippen molar-refractivity contribution in [3.8, 4) is 5.75 Å². The predicted octanol–water partition coefficient (Wildman–Crippen LogP) is 3.86. The van der Waals surface area contributed by atoms with Gasteiger partial charge in [-0.2, -0.15) is 0 Å². The van der Waals surface area contributed by atoms with E-state index in [1.807, 2.05) is 12.1 Å². The van der Waals surface area contributed by atoms with E-state index in [9.17, 15) is 0 Å². The van der Waals surface area contributed by atoms with Crippen LogP contribution in [-0.2, 0) is 13.0 Å². The molecule has 2 nitrogen and oxygen atoms in total. The van der Waals surface area contributed by atoms with Gasteiger partial charge >= 0.3 is 0 Å². The minimum absolute atomic E-state index is 0.478. The number of hydrogen-bond donors (Lipinski definition) is 1. The van der Waals surface area contributed by atoms with Gasteiger partial charge in [-0.1, -0.05) is 36.4 Å². The van der Waals surface area contributed by atoms with Crippen LogP contribution in [0.3, 0.4) is 0 Å². The molecule has 0 aliphatic heterocycles. The summed E-state index contributed by atoms with van der Waals surface area (Å²) in [6.45, 7) is 0.885. The number of fused-ring (bicyclic) bond motifs is 1. The highest BCUT2D eigenvalue weighted by molar-refractivity contribution is 5.33. The fraction of sp³-hybridized carbons (Fsp3) is 0.333. The molecule has 0 amide bonds. The summed E-state index contributed by atoms with van der Waals surface area (Å²) in [4.78, 5) is 0. The Hall–Kier alpha value is -1.80. The van der Waals surface area contributed by atoms with Crippen molar-refractivity contribution in [2.24, 2.45) is 0 Å². The highest BCUT2D eigenvalue weighted by Gasteiger charge is 2.18. The Morgan fingerprint density at radius 3 is 2.95 bits per heavy atom. The third-order valence-corrected chi connectivity index (χ3v) is 4.06. The molecule has 0 bridgehead atoms. The first-order valence-electron chi connectivity index (χ1n) is 7.31. The second-order valence-electron chi connectivity index (χ2n) is 5.38. The SMILES string of the molecule is COc1cccc(CN[C@H]2CCCc3ccccc32)c1. The first-order chi connectivity index (χ1) is 9.86. The molecule has 0 spiro atoms. The second-order valence-corrected chi connectivity index (χ2v) is 5.38. The highest BCUT2D eigenvalue weighted by atomic mass is 16.5. The fourth-order valence-electron chi connectivity index (χ4n) is 2.99. The standard InChI is InChI=1S/C18H21NO/c1-20-16-9-4-6-14(12-16)13-19-18-11-5-8-15-7-2-3-10-17(15)18/h2-4,6-7,9-10,12,18-19H,5,8,11,13H2,1H3/t18-/m0/s1. The summed E-state index contributed by atoms with van der Waals surface area (Å²) in [7, 11) is 1.71. The Morgan fingerprint density at radius 2 is 2.05 bits per heavy atom. The van der Waals surface area contributed by atoms with Gasteiger partial charge in [0, 0.05) is 12.6 Å². The number of ether oxygens (including phenoxy) is 1. The molecule has 1 atom stereocenters. The lowest BCUT2D eigenvalue weighted by atomic mass is 9.87. The molecule has 2 aromatic rings. The van der Waals surface area contributed by atoms with Gasteiger partial charge in [-0.3, -0.25) is 0 Å². The van der Waals surface area contributed by atoms with Crippen LogP contribution in [0, 0.1) is 0 Å². The summed E-state index contributed by atoms with van der Waals surface area (Å²) in [5.41, 5.74) is 4.25. The first kappa shape index (κ1) is 13.2. The molecule has 2 heteroatoms. The number of aryl methyl sites for hydroxylation is 1. The zero-order valence-electron chi connectivity index (χ0n) is 11.9. The van der Waals surface area contributed by atoms with Crippen LogP contribution in [0.25, 0.3) is 0 Å². The maximum Gasteiger partial charge on any atom is 0.119 e. The van der Waals surface area contributed by atoms with Gasteiger partial charge in [0.15, 0.2) is 0 Å². The van der Waals surface area contributed by atoms with Gasteiger partial charge in [-0.05, 0) is 48.1 Å². The third kappa shape index (κ3) is 2.86. The molecule has 1 aliphatic carbocycles. The monoisotopic (exact) mass is 267 g/mol. The van der Waals surface area contributed by atoms with Gasteiger partial charge < -0.3 is 10.1 Å². The average Bonchev–Trinajstić information content (AvgIpc) is 2.53. The summed E-state index contributed by atoms with van der Waals surface area (Å²) in [5, 5.41) is 3.69. The van der Waals surface area contributed by atoms with Gasteiger partial charge in [0.05, 0.1) is 7.11 Å². The van der Waals surface area contributed by atoms with Crippen LogP contribution in [-0.4, -0.2) is 7.11 Å². The molecule has 0 fully saturated rings. The lowest BCUT2D eigenvalue weighted by Gasteiger charge is -2.26. The van der Waals surface area contributed by atoms with E-state index in [0.29, 0.717) is 6.04 Å². The molecular formula is C18H21NO. The Balaban J connectivity index is 1.70. The van der Waals surface area contributed by atoms with Crippen molar-refractivity contribution in [3.63, 3.8) is 0 Å². The van der Waals surface area contributed by atoms with Crippen LogP contribution in [0.1, 0.15) is 35.6 Å². The number of methoxy groups -OCH3 is 1. The molecule has 0 saturated heterocycles. The maximum absolute atomic E-state index is 5.28. The smallest absolute Gasteiger partial charge is 0.119 e. The lowest BCUT2D eigenvalue weighted by Crippen LogP contribution is -2.24. The highest BCUT2D eigenvalue weighted by Crippen LogP contribution is 2.29. The number of hydrogen-bond acceptors (Lipinski definition) is 2. The van der Waals surface area contributed by atoms with E-state index in [1.165, 1.54) is 36.0 Å². The van der Waals surface area contributed by atoms with Gasteiger partial charge in [0.2, 0.25) is 0 Å². The molecule has 0 aromatic heterocycles. The van der Waals surface area contributed by atoms with Crippen LogP contribution in [0.15, 0.2) is 48.5 Å². The molecular weight excluding hydrogens is 246 g/mol. The Morgan fingerprint density at radius 1 is 1.15 bits per heavy atom. The normalized spacial score (nSPS) is 17.6. The molecule has 3 rings (SSSR count). The van der Waals surface area contributed by atoms with Gasteiger partial charge in [0.25, 0.3) is 0 Å². The molecule has 0 saturated carbocycles.